The first-order chi connectivity index (χ1) is 14.1. The zero-order valence-electron chi connectivity index (χ0n) is 17.6. The highest BCUT2D eigenvalue weighted by atomic mass is 16.6. The van der Waals surface area contributed by atoms with E-state index in [0.29, 0.717) is 44.1 Å². The van der Waals surface area contributed by atoms with Crippen LogP contribution >= 0.6 is 0 Å². The van der Waals surface area contributed by atoms with Crippen LogP contribution in [0.4, 0.5) is 0 Å². The predicted octanol–water partition coefficient (Wildman–Crippen LogP) is 3.20. The Labute approximate surface area is 176 Å². The molecule has 0 aromatic rings. The van der Waals surface area contributed by atoms with E-state index < -0.39 is 22.5 Å². The van der Waals surface area contributed by atoms with Gasteiger partial charge in [-0.05, 0) is 61.7 Å². The lowest BCUT2D eigenvalue weighted by Crippen LogP contribution is -2.63. The molecule has 0 amide bonds. The summed E-state index contributed by atoms with van der Waals surface area (Å²) in [4.78, 5) is 25.7. The Balaban J connectivity index is 1.53. The molecule has 1 aliphatic heterocycles. The molecule has 2 bridgehead atoms. The molecule has 1 heterocycles. The quantitative estimate of drug-likeness (QED) is 0.593. The molecule has 2 N–H and O–H groups in total. The van der Waals surface area contributed by atoms with Crippen LogP contribution in [0.5, 0.6) is 0 Å². The van der Waals surface area contributed by atoms with E-state index in [2.05, 4.69) is 19.9 Å². The molecule has 9 atom stereocenters. The number of nitrogens with zero attached hydrogens (tertiary/aromatic N) is 1. The lowest BCUT2D eigenvalue weighted by molar-refractivity contribution is -0.207. The number of carbonyl (C=O) groups excluding carboxylic acids is 2. The summed E-state index contributed by atoms with van der Waals surface area (Å²) in [6.45, 7) is 4.22. The molecule has 1 saturated heterocycles. The summed E-state index contributed by atoms with van der Waals surface area (Å²) < 4.78 is 5.95. The Morgan fingerprint density at radius 1 is 1.10 bits per heavy atom. The summed E-state index contributed by atoms with van der Waals surface area (Å²) >= 11 is 0. The Morgan fingerprint density at radius 3 is 2.53 bits per heavy atom. The van der Waals surface area contributed by atoms with Crippen LogP contribution in [0.3, 0.4) is 0 Å². The summed E-state index contributed by atoms with van der Waals surface area (Å²) in [5, 5.41) is 32.5. The Morgan fingerprint density at radius 2 is 1.87 bits per heavy atom. The zero-order chi connectivity index (χ0) is 21.3. The van der Waals surface area contributed by atoms with Crippen molar-refractivity contribution in [1.29, 1.82) is 5.26 Å². The zero-order valence-corrected chi connectivity index (χ0v) is 17.6. The second-order valence-corrected chi connectivity index (χ2v) is 11.3. The minimum absolute atomic E-state index is 0.0418. The third-order valence-electron chi connectivity index (χ3n) is 10.8. The third kappa shape index (κ3) is 1.71. The van der Waals surface area contributed by atoms with Crippen molar-refractivity contribution < 1.29 is 24.5 Å². The first kappa shape index (κ1) is 18.9. The van der Waals surface area contributed by atoms with Crippen molar-refractivity contribution in [2.75, 3.05) is 0 Å². The number of esters is 1. The van der Waals surface area contributed by atoms with E-state index in [0.717, 1.165) is 12.8 Å². The van der Waals surface area contributed by atoms with Crippen molar-refractivity contribution in [2.24, 2.45) is 39.9 Å². The molecule has 30 heavy (non-hydrogen) atoms. The van der Waals surface area contributed by atoms with Crippen molar-refractivity contribution >= 4 is 11.8 Å². The van der Waals surface area contributed by atoms with Gasteiger partial charge in [0, 0.05) is 24.2 Å². The molecule has 6 rings (SSSR count). The number of nitriles is 1. The van der Waals surface area contributed by atoms with E-state index in [-0.39, 0.29) is 46.6 Å². The van der Waals surface area contributed by atoms with Gasteiger partial charge in [0.05, 0.1) is 23.2 Å². The molecule has 0 unspecified atom stereocenters. The Bertz CT molecular complexity index is 965. The Kier molecular flexibility index (Phi) is 3.33. The molecule has 5 fully saturated rings. The van der Waals surface area contributed by atoms with Crippen molar-refractivity contribution in [3.8, 4) is 6.07 Å². The van der Waals surface area contributed by atoms with Gasteiger partial charge in [0.25, 0.3) is 0 Å². The number of allylic oxidation sites excluding steroid dienone is 2. The van der Waals surface area contributed by atoms with Crippen LogP contribution in [0.1, 0.15) is 65.2 Å². The van der Waals surface area contributed by atoms with Crippen LogP contribution in [-0.2, 0) is 14.3 Å². The normalized spacial score (nSPS) is 56.0. The molecular weight excluding hydrogens is 382 g/mol. The molecular formula is C24H29NO5. The number of aliphatic hydroxyl groups excluding tert-OH is 2. The average molecular weight is 411 g/mol. The fourth-order valence-electron chi connectivity index (χ4n) is 9.47. The maximum absolute atomic E-state index is 13.6. The van der Waals surface area contributed by atoms with Gasteiger partial charge in [0.15, 0.2) is 5.78 Å². The number of hydrogen-bond donors (Lipinski definition) is 2. The van der Waals surface area contributed by atoms with Crippen molar-refractivity contribution in [3.63, 3.8) is 0 Å². The molecule has 6 aliphatic rings. The third-order valence-corrected chi connectivity index (χ3v) is 10.8. The predicted molar refractivity (Wildman–Crippen MR) is 105 cm³/mol. The first-order valence-electron chi connectivity index (χ1n) is 11.4. The van der Waals surface area contributed by atoms with Crippen LogP contribution in [0.2, 0.25) is 0 Å². The van der Waals surface area contributed by atoms with Crippen LogP contribution in [0.25, 0.3) is 0 Å². The van der Waals surface area contributed by atoms with E-state index in [1.807, 2.05) is 0 Å². The molecule has 1 spiro atoms. The number of ether oxygens (including phenoxy) is 1. The minimum atomic E-state index is -0.997. The maximum Gasteiger partial charge on any atom is 0.306 e. The number of ketones is 1. The second-order valence-electron chi connectivity index (χ2n) is 11.3. The highest BCUT2D eigenvalue weighted by Gasteiger charge is 2.77. The summed E-state index contributed by atoms with van der Waals surface area (Å²) in [5.74, 6) is -0.518. The highest BCUT2D eigenvalue weighted by Crippen LogP contribution is 2.76. The largest absolute Gasteiger partial charge is 0.512 e. The number of fused-ring (bicyclic) bond motifs is 7. The van der Waals surface area contributed by atoms with Crippen molar-refractivity contribution in [2.45, 2.75) is 76.9 Å². The number of carbonyl (C=O) groups is 2. The van der Waals surface area contributed by atoms with Gasteiger partial charge in [-0.1, -0.05) is 13.8 Å². The van der Waals surface area contributed by atoms with E-state index in [1.54, 1.807) is 0 Å². The fourth-order valence-corrected chi connectivity index (χ4v) is 9.47. The van der Waals surface area contributed by atoms with Crippen LogP contribution in [0.15, 0.2) is 11.3 Å². The topological polar surface area (TPSA) is 108 Å². The lowest BCUT2D eigenvalue weighted by atomic mass is 9.40. The van der Waals surface area contributed by atoms with Crippen molar-refractivity contribution in [3.05, 3.63) is 11.3 Å². The van der Waals surface area contributed by atoms with Gasteiger partial charge in [-0.2, -0.15) is 5.26 Å². The van der Waals surface area contributed by atoms with E-state index in [4.69, 9.17) is 4.74 Å². The average Bonchev–Trinajstić information content (AvgIpc) is 3.31. The number of Topliss-reactive ketones (excluding diaryl/α,β-unsaturated/α-hetero) is 1. The molecule has 4 saturated carbocycles. The standard InChI is InChI=1S/C24H29NO5/c1-21-6-4-14(26)19-20(29)12(9-23(19,21)11-25)17-13-3-7-24(8-5-16(28)30-24)22(13,2)10-15(27)18(17)21/h12-13,15,17-18,26-27H,3-10H2,1-2H3/t12-,13+,15+,17+,18-,21+,22+,23-,24+/m0/s1. The molecule has 6 nitrogen and oxygen atoms in total. The van der Waals surface area contributed by atoms with Crippen LogP contribution < -0.4 is 0 Å². The van der Waals surface area contributed by atoms with Gasteiger partial charge in [-0.25, -0.2) is 0 Å². The SMILES string of the molecule is C[C@@]12C[C@@H](O)[C@H]3[C@H]([C@@H]4C[C@]5(C#N)C(=C(O)CC[C@]35C)C4=O)[C@H]1CC[C@@]21CCC(=O)O1. The molecule has 0 aromatic carbocycles. The fraction of sp³-hybridized carbons (Fsp3) is 0.792. The van der Waals surface area contributed by atoms with Gasteiger partial charge in [-0.15, -0.1) is 0 Å². The number of hydrogen-bond acceptors (Lipinski definition) is 6. The molecule has 0 radical (unpaired) electrons. The summed E-state index contributed by atoms with van der Waals surface area (Å²) in [7, 11) is 0. The highest BCUT2D eigenvalue weighted by molar-refractivity contribution is 6.03. The molecule has 160 valence electrons. The molecule has 6 heteroatoms. The van der Waals surface area contributed by atoms with Crippen molar-refractivity contribution in [1.82, 2.24) is 0 Å². The van der Waals surface area contributed by atoms with E-state index in [9.17, 15) is 25.1 Å². The van der Waals surface area contributed by atoms with Gasteiger partial charge < -0.3 is 14.9 Å². The lowest BCUT2D eigenvalue weighted by Gasteiger charge is -2.63. The van der Waals surface area contributed by atoms with E-state index in [1.165, 1.54) is 0 Å². The summed E-state index contributed by atoms with van der Waals surface area (Å²) in [6.07, 6.45) is 4.11. The summed E-state index contributed by atoms with van der Waals surface area (Å²) in [6, 6.07) is 2.47. The van der Waals surface area contributed by atoms with Gasteiger partial charge in [-0.3, -0.25) is 9.59 Å². The Hall–Kier alpha value is -1.87. The maximum atomic E-state index is 13.6. The number of aliphatic hydroxyl groups is 2. The van der Waals surface area contributed by atoms with Crippen LogP contribution in [0, 0.1) is 51.2 Å². The molecule has 5 aliphatic carbocycles. The minimum Gasteiger partial charge on any atom is -0.512 e. The smallest absolute Gasteiger partial charge is 0.306 e. The molecule has 0 aromatic heterocycles. The second kappa shape index (κ2) is 5.30. The van der Waals surface area contributed by atoms with Crippen LogP contribution in [-0.4, -0.2) is 33.7 Å². The monoisotopic (exact) mass is 411 g/mol. The number of rotatable bonds is 0. The van der Waals surface area contributed by atoms with Gasteiger partial charge >= 0.3 is 5.97 Å². The van der Waals surface area contributed by atoms with E-state index >= 15 is 0 Å². The van der Waals surface area contributed by atoms with Gasteiger partial charge in [0.1, 0.15) is 11.4 Å². The summed E-state index contributed by atoms with van der Waals surface area (Å²) in [5.41, 5.74) is -2.10. The van der Waals surface area contributed by atoms with Gasteiger partial charge in [0.2, 0.25) is 0 Å². The first-order valence-corrected chi connectivity index (χ1v) is 11.4.